The third-order valence-electron chi connectivity index (χ3n) is 11.9. The maximum Gasteiger partial charge on any atom is 0.265 e. The molecule has 13 heteroatoms. The van der Waals surface area contributed by atoms with Crippen molar-refractivity contribution in [3.63, 3.8) is 0 Å². The molecule has 2 aliphatic carbocycles. The standard InChI is InChI=1S/C17H22N4O3S.C11H19NO2.C8H15FO.C2H6.H2/c1-16(2)3-10(16)14(23)21-7-17(8-21)6-20(5-11(17)13(18)22)15(24)12-4-19-9-25-12;1-2-3-10(13)12-6-4-11(5-7-12)8-14-9-11;1-8(9)4-2-7(6-10)3-5-8;1-2;/h4,9-11H,3,5-8H2,1-2H3,(H2,18,22);2-9H2,1H3;7,10H,2-6H2,1H3;1-2H3;1H/t10-,11+;;;;/m1..../s1. The molecule has 6 fully saturated rings. The molecule has 7 rings (SSSR count). The first-order chi connectivity index (χ1) is 24.1. The monoisotopic (exact) mass is 737 g/mol. The predicted molar refractivity (Wildman–Crippen MR) is 198 cm³/mol. The van der Waals surface area contributed by atoms with E-state index >= 15 is 0 Å². The van der Waals surface area contributed by atoms with Gasteiger partial charge in [0, 0.05) is 70.5 Å². The van der Waals surface area contributed by atoms with E-state index in [1.54, 1.807) is 23.5 Å². The highest BCUT2D eigenvalue weighted by Crippen LogP contribution is 2.54. The minimum Gasteiger partial charge on any atom is -0.396 e. The fourth-order valence-corrected chi connectivity index (χ4v) is 8.62. The van der Waals surface area contributed by atoms with Gasteiger partial charge in [-0.25, -0.2) is 4.39 Å². The Labute approximate surface area is 309 Å². The fourth-order valence-electron chi connectivity index (χ4n) is 8.04. The van der Waals surface area contributed by atoms with Gasteiger partial charge in [-0.2, -0.15) is 0 Å². The van der Waals surface area contributed by atoms with Crippen molar-refractivity contribution < 1.29 is 34.8 Å². The number of primary amides is 1. The SMILES string of the molecule is CC.CC1(C)C[C@@H]1C(=O)N1CC2(CN(C(=O)c3cncs3)C[C@H]2C(N)=O)C1.CC1(F)CCC(CO)CC1.CCCC(=O)N1CCC2(CC1)COC2.[HH]. The fraction of sp³-hybridized carbons (Fsp3) is 0.816. The van der Waals surface area contributed by atoms with Crippen molar-refractivity contribution in [2.24, 2.45) is 39.7 Å². The van der Waals surface area contributed by atoms with Crippen LogP contribution in [0.4, 0.5) is 4.39 Å². The summed E-state index contributed by atoms with van der Waals surface area (Å²) in [5, 5.41) is 8.74. The Bertz CT molecular complexity index is 1330. The lowest BCUT2D eigenvalue weighted by Crippen LogP contribution is -2.64. The van der Waals surface area contributed by atoms with Crippen molar-refractivity contribution in [1.82, 2.24) is 19.7 Å². The van der Waals surface area contributed by atoms with E-state index in [-0.39, 0.29) is 36.6 Å². The Kier molecular flexibility index (Phi) is 13.7. The molecule has 1 aromatic heterocycles. The Morgan fingerprint density at radius 2 is 1.59 bits per heavy atom. The third-order valence-corrected chi connectivity index (χ3v) is 12.7. The molecule has 2 saturated carbocycles. The number of aliphatic hydroxyl groups excluding tert-OH is 1. The Hall–Kier alpha value is -2.64. The number of likely N-dealkylation sites (tertiary alicyclic amines) is 3. The van der Waals surface area contributed by atoms with Gasteiger partial charge in [-0.05, 0) is 69.6 Å². The topological polar surface area (TPSA) is 146 Å². The number of aliphatic hydroxyl groups is 1. The molecule has 0 aromatic carbocycles. The van der Waals surface area contributed by atoms with E-state index in [2.05, 4.69) is 25.8 Å². The van der Waals surface area contributed by atoms with E-state index in [9.17, 15) is 23.6 Å². The molecule has 6 aliphatic rings. The van der Waals surface area contributed by atoms with Crippen LogP contribution in [0, 0.1) is 34.0 Å². The summed E-state index contributed by atoms with van der Waals surface area (Å²) in [5.41, 5.74) is 6.42. The highest BCUT2D eigenvalue weighted by atomic mass is 32.1. The van der Waals surface area contributed by atoms with Crippen LogP contribution in [-0.2, 0) is 19.1 Å². The number of nitrogens with two attached hydrogens (primary N) is 1. The van der Waals surface area contributed by atoms with E-state index in [1.165, 1.54) is 11.3 Å². The molecule has 5 heterocycles. The second-order valence-corrected chi connectivity index (χ2v) is 17.4. The molecule has 11 nitrogen and oxygen atoms in total. The van der Waals surface area contributed by atoms with E-state index in [0.29, 0.717) is 67.6 Å². The summed E-state index contributed by atoms with van der Waals surface area (Å²) in [7, 11) is 0. The molecule has 4 saturated heterocycles. The number of thiazole rings is 1. The molecule has 2 atom stereocenters. The number of carbonyl (C=O) groups is 4. The van der Waals surface area contributed by atoms with Gasteiger partial charge in [0.25, 0.3) is 5.91 Å². The minimum atomic E-state index is -0.953. The van der Waals surface area contributed by atoms with Crippen molar-refractivity contribution in [2.75, 3.05) is 59.1 Å². The molecule has 4 aliphatic heterocycles. The maximum absolute atomic E-state index is 13.1. The van der Waals surface area contributed by atoms with E-state index in [1.807, 2.05) is 23.6 Å². The van der Waals surface area contributed by atoms with Crippen LogP contribution < -0.4 is 5.73 Å². The number of hydrogen-bond donors (Lipinski definition) is 2. The van der Waals surface area contributed by atoms with Gasteiger partial charge in [-0.1, -0.05) is 34.6 Å². The minimum absolute atomic E-state index is 0. The van der Waals surface area contributed by atoms with Crippen LogP contribution in [0.15, 0.2) is 11.7 Å². The number of amides is 4. The van der Waals surface area contributed by atoms with Gasteiger partial charge in [-0.15, -0.1) is 11.3 Å². The molecule has 0 radical (unpaired) electrons. The summed E-state index contributed by atoms with van der Waals surface area (Å²) in [6.45, 7) is 17.7. The lowest BCUT2D eigenvalue weighted by Gasteiger charge is -2.50. The Morgan fingerprint density at radius 1 is 1.00 bits per heavy atom. The van der Waals surface area contributed by atoms with Gasteiger partial charge in [-0.3, -0.25) is 24.2 Å². The Morgan fingerprint density at radius 3 is 2.04 bits per heavy atom. The number of aromatic nitrogens is 1. The number of ether oxygens (including phenoxy) is 1. The first-order valence-electron chi connectivity index (χ1n) is 19.0. The summed E-state index contributed by atoms with van der Waals surface area (Å²) in [6, 6.07) is 0. The lowest BCUT2D eigenvalue weighted by atomic mass is 9.71. The highest BCUT2D eigenvalue weighted by molar-refractivity contribution is 7.11. The molecule has 0 unspecified atom stereocenters. The van der Waals surface area contributed by atoms with Crippen LogP contribution in [-0.4, -0.2) is 113 Å². The lowest BCUT2D eigenvalue weighted by molar-refractivity contribution is -0.153. The van der Waals surface area contributed by atoms with E-state index < -0.39 is 17.5 Å². The summed E-state index contributed by atoms with van der Waals surface area (Å²) in [4.78, 5) is 58.7. The van der Waals surface area contributed by atoms with Crippen molar-refractivity contribution >= 4 is 35.0 Å². The van der Waals surface area contributed by atoms with Crippen molar-refractivity contribution in [1.29, 1.82) is 0 Å². The van der Waals surface area contributed by atoms with Gasteiger partial charge < -0.3 is 30.3 Å². The molecule has 3 N–H and O–H groups in total. The maximum atomic E-state index is 13.1. The molecule has 2 spiro atoms. The molecular formula is C38H64FN5O6S. The first-order valence-corrected chi connectivity index (χ1v) is 19.9. The van der Waals surface area contributed by atoms with E-state index in [0.717, 1.165) is 64.8 Å². The third kappa shape index (κ3) is 9.87. The van der Waals surface area contributed by atoms with Gasteiger partial charge in [0.2, 0.25) is 17.7 Å². The highest BCUT2D eigenvalue weighted by Gasteiger charge is 2.61. The van der Waals surface area contributed by atoms with Gasteiger partial charge in [0.05, 0.1) is 30.8 Å². The second kappa shape index (κ2) is 17.0. The summed E-state index contributed by atoms with van der Waals surface area (Å²) >= 11 is 1.29. The van der Waals surface area contributed by atoms with Gasteiger partial charge in [0.15, 0.2) is 0 Å². The zero-order valence-electron chi connectivity index (χ0n) is 31.8. The van der Waals surface area contributed by atoms with Crippen LogP contribution in [0.2, 0.25) is 0 Å². The predicted octanol–water partition coefficient (Wildman–Crippen LogP) is 5.17. The quantitative estimate of drug-likeness (QED) is 0.410. The number of halogens is 1. The molecule has 1 aromatic rings. The van der Waals surface area contributed by atoms with Crippen LogP contribution >= 0.6 is 11.3 Å². The molecule has 51 heavy (non-hydrogen) atoms. The molecular weight excluding hydrogens is 674 g/mol. The van der Waals surface area contributed by atoms with Gasteiger partial charge in [0.1, 0.15) is 10.5 Å². The average Bonchev–Trinajstić information content (AvgIpc) is 3.44. The van der Waals surface area contributed by atoms with Crippen molar-refractivity contribution in [3.05, 3.63) is 16.6 Å². The normalized spacial score (nSPS) is 29.2. The molecule has 4 amide bonds. The number of alkyl halides is 1. The average molecular weight is 738 g/mol. The zero-order valence-corrected chi connectivity index (χ0v) is 32.6. The number of hydrogen-bond acceptors (Lipinski definition) is 8. The Balaban J connectivity index is 0.000000228. The van der Waals surface area contributed by atoms with Crippen molar-refractivity contribution in [3.8, 4) is 0 Å². The molecule has 0 bridgehead atoms. The second-order valence-electron chi connectivity index (χ2n) is 16.5. The number of piperidine rings is 1. The number of rotatable bonds is 6. The largest absolute Gasteiger partial charge is 0.396 e. The first kappa shape index (κ1) is 41.1. The number of nitrogens with zero attached hydrogens (tertiary/aromatic N) is 4. The summed E-state index contributed by atoms with van der Waals surface area (Å²) in [6.07, 6.45) is 9.37. The number of carbonyl (C=O) groups excluding carboxylic acids is 4. The summed E-state index contributed by atoms with van der Waals surface area (Å²) < 4.78 is 18.4. The van der Waals surface area contributed by atoms with Gasteiger partial charge >= 0.3 is 0 Å². The molecule has 290 valence electrons. The van der Waals surface area contributed by atoms with Crippen LogP contribution in [0.25, 0.3) is 0 Å². The van der Waals surface area contributed by atoms with Crippen molar-refractivity contribution in [2.45, 2.75) is 105 Å². The smallest absolute Gasteiger partial charge is 0.265 e. The van der Waals surface area contributed by atoms with Crippen LogP contribution in [0.5, 0.6) is 0 Å². The zero-order chi connectivity index (χ0) is 37.6. The van der Waals surface area contributed by atoms with Crippen LogP contribution in [0.1, 0.15) is 110 Å². The van der Waals surface area contributed by atoms with E-state index in [4.69, 9.17) is 15.6 Å². The van der Waals surface area contributed by atoms with Crippen LogP contribution in [0.3, 0.4) is 0 Å². The summed E-state index contributed by atoms with van der Waals surface area (Å²) in [5.74, 6) is 0.0588.